The van der Waals surface area contributed by atoms with Crippen LogP contribution < -0.4 is 35.1 Å². The van der Waals surface area contributed by atoms with Crippen molar-refractivity contribution >= 4 is 35.2 Å². The van der Waals surface area contributed by atoms with Gasteiger partial charge in [-0.25, -0.2) is 4.79 Å². The fourth-order valence-electron chi connectivity index (χ4n) is 5.23. The third-order valence-corrected chi connectivity index (χ3v) is 8.04. The quantitative estimate of drug-likeness (QED) is 0.111. The molecule has 3 rings (SSSR count). The molecule has 0 atom stereocenters. The zero-order valence-electron chi connectivity index (χ0n) is 33.0. The minimum absolute atomic E-state index is 0.0560. The number of amides is 4. The van der Waals surface area contributed by atoms with Gasteiger partial charge in [-0.2, -0.15) is 0 Å². The highest BCUT2D eigenvalue weighted by atomic mass is 16.6. The molecule has 0 unspecified atom stereocenters. The van der Waals surface area contributed by atoms with Crippen molar-refractivity contribution in [3.05, 3.63) is 77.4 Å². The van der Waals surface area contributed by atoms with Crippen LogP contribution in [0.15, 0.2) is 60.7 Å². The molecular weight excluding hydrogens is 690 g/mol. The first-order valence-electron chi connectivity index (χ1n) is 18.3. The van der Waals surface area contributed by atoms with E-state index >= 15 is 0 Å². The summed E-state index contributed by atoms with van der Waals surface area (Å²) in [4.78, 5) is 54.6. The monoisotopic (exact) mass is 747 g/mol. The molecule has 0 saturated carbocycles. The Morgan fingerprint density at radius 1 is 0.759 bits per heavy atom. The Morgan fingerprint density at radius 2 is 1.48 bits per heavy atom. The predicted octanol–water partition coefficient (Wildman–Crippen LogP) is 6.44. The topological polar surface area (TPSA) is 148 Å². The van der Waals surface area contributed by atoms with Crippen LogP contribution in [0.25, 0.3) is 0 Å². The maximum Gasteiger partial charge on any atom is 0.407 e. The van der Waals surface area contributed by atoms with E-state index in [4.69, 9.17) is 18.9 Å². The molecule has 3 aromatic rings. The van der Waals surface area contributed by atoms with Gasteiger partial charge in [-0.05, 0) is 116 Å². The molecule has 294 valence electrons. The van der Waals surface area contributed by atoms with Gasteiger partial charge in [-0.15, -0.1) is 0 Å². The number of nitrogens with zero attached hydrogens (tertiary/aromatic N) is 2. The largest absolute Gasteiger partial charge is 0.495 e. The average molecular weight is 748 g/mol. The SMILES string of the molecule is COc1cc(C(=O)N(C)c2ccc(C)cc2OCCCCCC(=O)NCCN(C)C)ccc1NC(=O)c1ccccc1OCCCNC(=O)OC(C)(C)C. The molecule has 0 aliphatic rings. The molecule has 3 aromatic carbocycles. The fourth-order valence-corrected chi connectivity index (χ4v) is 5.23. The number of anilines is 2. The van der Waals surface area contributed by atoms with Crippen molar-refractivity contribution in [2.75, 3.05) is 71.3 Å². The van der Waals surface area contributed by atoms with E-state index in [1.807, 2.05) is 44.1 Å². The Bertz CT molecular complexity index is 1700. The molecule has 13 heteroatoms. The zero-order valence-corrected chi connectivity index (χ0v) is 33.0. The van der Waals surface area contributed by atoms with E-state index in [-0.39, 0.29) is 18.4 Å². The Balaban J connectivity index is 1.58. The van der Waals surface area contributed by atoms with Crippen LogP contribution in [0.5, 0.6) is 17.2 Å². The number of nitrogens with one attached hydrogen (secondary N) is 3. The van der Waals surface area contributed by atoms with Gasteiger partial charge in [-0.1, -0.05) is 18.2 Å². The fraction of sp³-hybridized carbons (Fsp3) is 0.463. The summed E-state index contributed by atoms with van der Waals surface area (Å²) in [7, 11) is 7.09. The third kappa shape index (κ3) is 14.6. The van der Waals surface area contributed by atoms with Gasteiger partial charge >= 0.3 is 6.09 Å². The summed E-state index contributed by atoms with van der Waals surface area (Å²) in [6.45, 7) is 9.84. The van der Waals surface area contributed by atoms with Crippen LogP contribution >= 0.6 is 0 Å². The van der Waals surface area contributed by atoms with E-state index in [1.54, 1.807) is 70.3 Å². The molecule has 0 bridgehead atoms. The maximum atomic E-state index is 13.7. The number of carbonyl (C=O) groups excluding carboxylic acids is 4. The lowest BCUT2D eigenvalue weighted by Crippen LogP contribution is -2.33. The number of hydrogen-bond donors (Lipinski definition) is 3. The third-order valence-electron chi connectivity index (χ3n) is 8.04. The number of alkyl carbamates (subject to hydrolysis) is 1. The van der Waals surface area contributed by atoms with E-state index in [9.17, 15) is 19.2 Å². The number of benzene rings is 3. The van der Waals surface area contributed by atoms with Gasteiger partial charge in [0.05, 0.1) is 37.3 Å². The van der Waals surface area contributed by atoms with Crippen LogP contribution in [-0.2, 0) is 9.53 Å². The van der Waals surface area contributed by atoms with E-state index in [1.165, 1.54) is 12.0 Å². The van der Waals surface area contributed by atoms with Crippen LogP contribution in [0.1, 0.15) is 79.2 Å². The highest BCUT2D eigenvalue weighted by Gasteiger charge is 2.21. The van der Waals surface area contributed by atoms with Gasteiger partial charge in [0, 0.05) is 38.7 Å². The second-order valence-electron chi connectivity index (χ2n) is 14.1. The van der Waals surface area contributed by atoms with Crippen LogP contribution in [0.4, 0.5) is 16.2 Å². The van der Waals surface area contributed by atoms with Crippen molar-refractivity contribution in [3.8, 4) is 17.2 Å². The van der Waals surface area contributed by atoms with E-state index in [2.05, 4.69) is 16.0 Å². The number of hydrogen-bond acceptors (Lipinski definition) is 9. The van der Waals surface area contributed by atoms with Crippen LogP contribution in [0.2, 0.25) is 0 Å². The summed E-state index contributed by atoms with van der Waals surface area (Å²) >= 11 is 0. The molecule has 0 heterocycles. The Kier molecular flexibility index (Phi) is 17.1. The minimum Gasteiger partial charge on any atom is -0.495 e. The van der Waals surface area contributed by atoms with Gasteiger partial charge in [0.2, 0.25) is 5.91 Å². The Hall–Kier alpha value is -5.30. The first-order chi connectivity index (χ1) is 25.7. The van der Waals surface area contributed by atoms with Crippen LogP contribution in [0.3, 0.4) is 0 Å². The summed E-state index contributed by atoms with van der Waals surface area (Å²) in [5, 5.41) is 8.49. The van der Waals surface area contributed by atoms with Crippen molar-refractivity contribution in [3.63, 3.8) is 0 Å². The number of para-hydroxylation sites is 1. The number of methoxy groups -OCH3 is 1. The lowest BCUT2D eigenvalue weighted by atomic mass is 10.1. The van der Waals surface area contributed by atoms with E-state index < -0.39 is 17.6 Å². The highest BCUT2D eigenvalue weighted by Crippen LogP contribution is 2.32. The maximum absolute atomic E-state index is 13.7. The van der Waals surface area contributed by atoms with Gasteiger partial charge in [0.1, 0.15) is 22.8 Å². The Labute approximate surface area is 319 Å². The van der Waals surface area contributed by atoms with Gasteiger partial charge in [0.25, 0.3) is 11.8 Å². The normalized spacial score (nSPS) is 11.1. The molecule has 4 amide bonds. The van der Waals surface area contributed by atoms with Crippen LogP contribution in [-0.4, -0.2) is 95.4 Å². The van der Waals surface area contributed by atoms with Crippen LogP contribution in [0, 0.1) is 6.92 Å². The number of rotatable bonds is 20. The van der Waals surface area contributed by atoms with E-state index in [0.29, 0.717) is 72.3 Å². The molecular formula is C41H57N5O8. The van der Waals surface area contributed by atoms with Gasteiger partial charge in [0.15, 0.2) is 0 Å². The summed E-state index contributed by atoms with van der Waals surface area (Å²) in [6.07, 6.45) is 2.86. The second-order valence-corrected chi connectivity index (χ2v) is 14.1. The average Bonchev–Trinajstić information content (AvgIpc) is 3.11. The molecule has 3 N–H and O–H groups in total. The minimum atomic E-state index is -0.585. The first kappa shape index (κ1) is 43.1. The predicted molar refractivity (Wildman–Crippen MR) is 211 cm³/mol. The van der Waals surface area contributed by atoms with Crippen molar-refractivity contribution in [2.45, 2.75) is 65.4 Å². The van der Waals surface area contributed by atoms with Crippen molar-refractivity contribution in [1.82, 2.24) is 15.5 Å². The molecule has 0 aromatic heterocycles. The highest BCUT2D eigenvalue weighted by molar-refractivity contribution is 6.09. The number of unbranched alkanes of at least 4 members (excludes halogenated alkanes) is 2. The summed E-state index contributed by atoms with van der Waals surface area (Å²) in [6, 6.07) is 17.4. The lowest BCUT2D eigenvalue weighted by molar-refractivity contribution is -0.121. The first-order valence-corrected chi connectivity index (χ1v) is 18.3. The van der Waals surface area contributed by atoms with Gasteiger partial charge < -0.3 is 44.7 Å². The van der Waals surface area contributed by atoms with Gasteiger partial charge in [-0.3, -0.25) is 14.4 Å². The molecule has 0 fully saturated rings. The molecule has 0 aliphatic heterocycles. The van der Waals surface area contributed by atoms with Crippen molar-refractivity contribution in [2.24, 2.45) is 0 Å². The standard InChI is InChI=1S/C41H57N5O8/c1-29-18-21-33(36(27-29)53-25-13-9-10-17-37(47)42-23-24-45(5)6)46(7)39(49)30-19-20-32(35(28-30)51-8)44-38(48)31-15-11-12-16-34(31)52-26-14-22-43-40(50)54-41(2,3)4/h11-12,15-16,18-21,27-28H,9-10,13-14,17,22-26H2,1-8H3,(H,42,47)(H,43,50)(H,44,48). The van der Waals surface area contributed by atoms with E-state index in [0.717, 1.165) is 31.4 Å². The molecule has 0 saturated heterocycles. The molecule has 13 nitrogen and oxygen atoms in total. The summed E-state index contributed by atoms with van der Waals surface area (Å²) in [5.74, 6) is 0.621. The lowest BCUT2D eigenvalue weighted by Gasteiger charge is -2.22. The zero-order chi connectivity index (χ0) is 39.7. The summed E-state index contributed by atoms with van der Waals surface area (Å²) < 4.78 is 22.8. The molecule has 54 heavy (non-hydrogen) atoms. The smallest absolute Gasteiger partial charge is 0.407 e. The summed E-state index contributed by atoms with van der Waals surface area (Å²) in [5.41, 5.74) is 2.06. The molecule has 0 aliphatic carbocycles. The second kappa shape index (κ2) is 21.4. The molecule has 0 spiro atoms. The number of carbonyl (C=O) groups is 4. The molecule has 0 radical (unpaired) electrons. The Morgan fingerprint density at radius 3 is 2.20 bits per heavy atom. The number of ether oxygens (including phenoxy) is 4. The number of aryl methyl sites for hydroxylation is 1. The van der Waals surface area contributed by atoms with Crippen molar-refractivity contribution in [1.29, 1.82) is 0 Å². The number of likely N-dealkylation sites (N-methyl/N-ethyl adjacent to an activating group) is 1. The van der Waals surface area contributed by atoms with Crippen molar-refractivity contribution < 1.29 is 38.1 Å².